The van der Waals surface area contributed by atoms with Gasteiger partial charge in [0, 0.05) is 25.0 Å². The Labute approximate surface area is 157 Å². The molecule has 0 aliphatic carbocycles. The average Bonchev–Trinajstić information content (AvgIpc) is 3.10. The second kappa shape index (κ2) is 9.54. The molecule has 3 N–H and O–H groups in total. The zero-order valence-corrected chi connectivity index (χ0v) is 16.4. The monoisotopic (exact) mass is 398 g/mol. The molecule has 2 rings (SSSR count). The molecule has 0 fully saturated rings. The van der Waals surface area contributed by atoms with Gasteiger partial charge in [-0.3, -0.25) is 9.71 Å². The molecule has 6 nitrogen and oxygen atoms in total. The minimum atomic E-state index is -3.58. The van der Waals surface area contributed by atoms with Gasteiger partial charge in [-0.15, -0.1) is 11.3 Å². The van der Waals surface area contributed by atoms with E-state index in [0.29, 0.717) is 18.1 Å². The lowest BCUT2D eigenvalue weighted by molar-refractivity contribution is 0.599. The van der Waals surface area contributed by atoms with Crippen molar-refractivity contribution in [1.82, 2.24) is 10.6 Å². The van der Waals surface area contributed by atoms with Crippen molar-refractivity contribution in [3.63, 3.8) is 0 Å². The van der Waals surface area contributed by atoms with E-state index in [1.54, 1.807) is 25.3 Å². The maximum atomic E-state index is 13.5. The van der Waals surface area contributed by atoms with E-state index in [1.165, 1.54) is 23.1 Å². The maximum Gasteiger partial charge on any atom is 0.234 e. The fraction of sp³-hybridized carbons (Fsp3) is 0.353. The van der Waals surface area contributed by atoms with E-state index in [1.807, 2.05) is 11.4 Å². The molecule has 0 saturated carbocycles. The van der Waals surface area contributed by atoms with E-state index in [9.17, 15) is 12.8 Å². The molecule has 0 amide bonds. The van der Waals surface area contributed by atoms with Crippen LogP contribution in [0.4, 0.5) is 10.1 Å². The molecule has 0 unspecified atom stereocenters. The van der Waals surface area contributed by atoms with Gasteiger partial charge in [-0.2, -0.15) is 0 Å². The minimum Gasteiger partial charge on any atom is -0.356 e. The average molecular weight is 399 g/mol. The van der Waals surface area contributed by atoms with Gasteiger partial charge in [0.05, 0.1) is 11.4 Å². The van der Waals surface area contributed by atoms with E-state index in [0.717, 1.165) is 6.42 Å². The first-order valence-electron chi connectivity index (χ1n) is 8.13. The van der Waals surface area contributed by atoms with Crippen LogP contribution in [0.2, 0.25) is 0 Å². The molecule has 0 radical (unpaired) electrons. The Kier molecular flexibility index (Phi) is 7.40. The first kappa shape index (κ1) is 20.2. The first-order chi connectivity index (χ1) is 12.4. The van der Waals surface area contributed by atoms with Crippen LogP contribution < -0.4 is 15.4 Å². The van der Waals surface area contributed by atoms with Crippen LogP contribution in [0.15, 0.2) is 40.7 Å². The Bertz CT molecular complexity index is 836. The molecule has 0 saturated heterocycles. The van der Waals surface area contributed by atoms with Crippen LogP contribution in [-0.4, -0.2) is 40.3 Å². The number of sulfonamides is 1. The summed E-state index contributed by atoms with van der Waals surface area (Å²) in [4.78, 5) is 5.33. The summed E-state index contributed by atoms with van der Waals surface area (Å²) in [6.07, 6.45) is 0.872. The smallest absolute Gasteiger partial charge is 0.234 e. The number of anilines is 1. The number of guanidine groups is 1. The zero-order valence-electron chi connectivity index (χ0n) is 14.8. The number of benzene rings is 1. The Morgan fingerprint density at radius 3 is 2.65 bits per heavy atom. The summed E-state index contributed by atoms with van der Waals surface area (Å²) >= 11 is 1.69. The van der Waals surface area contributed by atoms with Crippen molar-refractivity contribution in [2.45, 2.75) is 13.3 Å². The lowest BCUT2D eigenvalue weighted by Gasteiger charge is -2.12. The van der Waals surface area contributed by atoms with E-state index < -0.39 is 15.8 Å². The summed E-state index contributed by atoms with van der Waals surface area (Å²) in [6, 6.07) is 8.31. The number of thiophene rings is 1. The Hall–Kier alpha value is -2.13. The van der Waals surface area contributed by atoms with Gasteiger partial charge >= 0.3 is 0 Å². The van der Waals surface area contributed by atoms with Crippen LogP contribution in [0.25, 0.3) is 0 Å². The SMILES string of the molecule is CN=C(NCCc1cccs1)NCCS(=O)(=O)Nc1ccc(C)c(F)c1. The Morgan fingerprint density at radius 1 is 1.23 bits per heavy atom. The van der Waals surface area contributed by atoms with Gasteiger partial charge in [-0.05, 0) is 42.5 Å². The van der Waals surface area contributed by atoms with Crippen molar-refractivity contribution >= 4 is 33.0 Å². The van der Waals surface area contributed by atoms with Crippen molar-refractivity contribution in [3.05, 3.63) is 52.0 Å². The molecule has 0 atom stereocenters. The van der Waals surface area contributed by atoms with E-state index in [-0.39, 0.29) is 18.0 Å². The molecule has 0 aliphatic rings. The summed E-state index contributed by atoms with van der Waals surface area (Å²) in [7, 11) is -1.96. The summed E-state index contributed by atoms with van der Waals surface area (Å²) in [6.45, 7) is 2.50. The molecule has 1 aromatic heterocycles. The standard InChI is InChI=1S/C17H23FN4O2S2/c1-13-5-6-14(12-16(13)18)22-26(23,24)11-9-21-17(19-2)20-8-7-15-4-3-10-25-15/h3-6,10,12,22H,7-9,11H2,1-2H3,(H2,19,20,21). The highest BCUT2D eigenvalue weighted by atomic mass is 32.2. The normalized spacial score (nSPS) is 12.0. The molecule has 0 spiro atoms. The van der Waals surface area contributed by atoms with Crippen LogP contribution in [0.5, 0.6) is 0 Å². The third-order valence-corrected chi connectivity index (χ3v) is 5.80. The van der Waals surface area contributed by atoms with E-state index in [2.05, 4.69) is 26.4 Å². The molecule has 0 aliphatic heterocycles. The largest absolute Gasteiger partial charge is 0.356 e. The second-order valence-corrected chi connectivity index (χ2v) is 8.51. The summed E-state index contributed by atoms with van der Waals surface area (Å²) in [5, 5.41) is 8.13. The molecular formula is C17H23FN4O2S2. The number of nitrogens with zero attached hydrogens (tertiary/aromatic N) is 1. The van der Waals surface area contributed by atoms with Crippen LogP contribution in [-0.2, 0) is 16.4 Å². The molecule has 1 aromatic carbocycles. The third-order valence-electron chi connectivity index (χ3n) is 3.58. The molecule has 142 valence electrons. The highest BCUT2D eigenvalue weighted by Crippen LogP contribution is 2.14. The lowest BCUT2D eigenvalue weighted by atomic mass is 10.2. The quantitative estimate of drug-likeness (QED) is 0.471. The highest BCUT2D eigenvalue weighted by Gasteiger charge is 2.11. The Balaban J connectivity index is 1.76. The number of halogens is 1. The first-order valence-corrected chi connectivity index (χ1v) is 10.7. The van der Waals surface area contributed by atoms with Gasteiger partial charge < -0.3 is 10.6 Å². The van der Waals surface area contributed by atoms with E-state index in [4.69, 9.17) is 0 Å². The fourth-order valence-corrected chi connectivity index (χ4v) is 3.84. The van der Waals surface area contributed by atoms with Crippen LogP contribution in [0.3, 0.4) is 0 Å². The number of hydrogen-bond donors (Lipinski definition) is 3. The Morgan fingerprint density at radius 2 is 2.00 bits per heavy atom. The minimum absolute atomic E-state index is 0.159. The van der Waals surface area contributed by atoms with Crippen molar-refractivity contribution < 1.29 is 12.8 Å². The van der Waals surface area contributed by atoms with Gasteiger partial charge in [0.25, 0.3) is 0 Å². The van der Waals surface area contributed by atoms with Crippen molar-refractivity contribution in [2.24, 2.45) is 4.99 Å². The van der Waals surface area contributed by atoms with Crippen LogP contribution in [0, 0.1) is 12.7 Å². The topological polar surface area (TPSA) is 82.6 Å². The predicted molar refractivity (Wildman–Crippen MR) is 106 cm³/mol. The van der Waals surface area contributed by atoms with Crippen LogP contribution in [0.1, 0.15) is 10.4 Å². The van der Waals surface area contributed by atoms with Crippen molar-refractivity contribution in [1.29, 1.82) is 0 Å². The number of hydrogen-bond acceptors (Lipinski definition) is 4. The predicted octanol–water partition coefficient (Wildman–Crippen LogP) is 2.35. The maximum absolute atomic E-state index is 13.5. The van der Waals surface area contributed by atoms with Crippen molar-refractivity contribution in [3.8, 4) is 0 Å². The van der Waals surface area contributed by atoms with Crippen molar-refractivity contribution in [2.75, 3.05) is 30.6 Å². The lowest BCUT2D eigenvalue weighted by Crippen LogP contribution is -2.40. The highest BCUT2D eigenvalue weighted by molar-refractivity contribution is 7.92. The number of rotatable bonds is 8. The molecular weight excluding hydrogens is 375 g/mol. The number of nitrogens with one attached hydrogen (secondary N) is 3. The second-order valence-electron chi connectivity index (χ2n) is 5.64. The molecule has 0 bridgehead atoms. The summed E-state index contributed by atoms with van der Waals surface area (Å²) in [5.74, 6) is -0.0643. The molecule has 2 aromatic rings. The van der Waals surface area contributed by atoms with E-state index >= 15 is 0 Å². The van der Waals surface area contributed by atoms with Gasteiger partial charge in [0.1, 0.15) is 5.82 Å². The summed E-state index contributed by atoms with van der Waals surface area (Å²) in [5.41, 5.74) is 0.679. The third kappa shape index (κ3) is 6.64. The zero-order chi connectivity index (χ0) is 19.0. The fourth-order valence-electron chi connectivity index (χ4n) is 2.17. The van der Waals surface area contributed by atoms with Crippen LogP contribution >= 0.6 is 11.3 Å². The van der Waals surface area contributed by atoms with Gasteiger partial charge in [-0.1, -0.05) is 12.1 Å². The van der Waals surface area contributed by atoms with Gasteiger partial charge in [0.2, 0.25) is 10.0 Å². The summed E-state index contributed by atoms with van der Waals surface area (Å²) < 4.78 is 40.1. The van der Waals surface area contributed by atoms with Gasteiger partial charge in [-0.25, -0.2) is 12.8 Å². The molecule has 9 heteroatoms. The number of aliphatic imine (C=N–C) groups is 1. The van der Waals surface area contributed by atoms with Gasteiger partial charge in [0.15, 0.2) is 5.96 Å². The molecule has 26 heavy (non-hydrogen) atoms. The number of aryl methyl sites for hydroxylation is 1. The molecule has 1 heterocycles.